The van der Waals surface area contributed by atoms with E-state index in [1.54, 1.807) is 0 Å². The van der Waals surface area contributed by atoms with E-state index in [1.165, 1.54) is 17.7 Å². The van der Waals surface area contributed by atoms with Crippen molar-refractivity contribution in [2.24, 2.45) is 0 Å². The third-order valence-electron chi connectivity index (χ3n) is 11.3. The first-order valence-corrected chi connectivity index (χ1v) is 20.3. The van der Waals surface area contributed by atoms with Crippen molar-refractivity contribution in [2.45, 2.75) is 40.0 Å². The van der Waals surface area contributed by atoms with Crippen LogP contribution >= 0.6 is 0 Å². The molecule has 0 radical (unpaired) electrons. The van der Waals surface area contributed by atoms with Crippen molar-refractivity contribution >= 4 is 50.6 Å². The van der Waals surface area contributed by atoms with Crippen LogP contribution in [0.3, 0.4) is 0 Å². The zero-order valence-corrected chi connectivity index (χ0v) is 37.0. The third kappa shape index (κ3) is 7.28. The van der Waals surface area contributed by atoms with Crippen LogP contribution in [0.1, 0.15) is 37.5 Å². The number of rotatable bonds is 7. The molecule has 5 nitrogen and oxygen atoms in total. The first kappa shape index (κ1) is 40.6. The maximum absolute atomic E-state index is 14.6. The van der Waals surface area contributed by atoms with Gasteiger partial charge in [0.1, 0.15) is 23.1 Å². The van der Waals surface area contributed by atoms with Crippen LogP contribution in [0.4, 0.5) is 31.5 Å². The monoisotopic (exact) mass is 993 g/mol. The second-order valence-electron chi connectivity index (χ2n) is 16.5. The molecular weight excluding hydrogens is 954 g/mol. The molecule has 0 aliphatic carbocycles. The Morgan fingerprint density at radius 2 is 1.31 bits per heavy atom. The molecule has 0 atom stereocenters. The molecule has 0 N–H and O–H groups in total. The minimum absolute atomic E-state index is 0. The predicted molar refractivity (Wildman–Crippen MR) is 243 cm³/mol. The topological polar surface area (TPSA) is 33.1 Å². The Morgan fingerprint density at radius 1 is 0.629 bits per heavy atom. The Balaban J connectivity index is 0.00000490. The summed E-state index contributed by atoms with van der Waals surface area (Å²) >= 11 is 0. The summed E-state index contributed by atoms with van der Waals surface area (Å²) in [5.41, 5.74) is 11.5. The Kier molecular flexibility index (Phi) is 10.4. The van der Waals surface area contributed by atoms with Gasteiger partial charge in [-0.25, -0.2) is 13.8 Å². The normalized spacial score (nSPS) is 12.2. The summed E-state index contributed by atoms with van der Waals surface area (Å²) in [6.45, 7) is 10.8. The van der Waals surface area contributed by atoms with Crippen molar-refractivity contribution in [1.29, 1.82) is 0 Å². The summed E-state index contributed by atoms with van der Waals surface area (Å²) in [6.07, 6.45) is 1.87. The molecule has 0 bridgehead atoms. The van der Waals surface area contributed by atoms with Gasteiger partial charge in [-0.1, -0.05) is 104 Å². The second kappa shape index (κ2) is 15.9. The van der Waals surface area contributed by atoms with Crippen LogP contribution in [0.2, 0.25) is 0 Å². The number of nitrogens with zero attached hydrogens (tertiary/aromatic N) is 4. The molecule has 9 aromatic rings. The van der Waals surface area contributed by atoms with Crippen molar-refractivity contribution < 1.29 is 34.6 Å². The van der Waals surface area contributed by atoms with E-state index in [4.69, 9.17) is 9.72 Å². The fraction of sp³-hybridized carbons (Fsp3) is 0.111. The first-order chi connectivity index (χ1) is 29.5. The molecule has 0 saturated carbocycles. The van der Waals surface area contributed by atoms with Crippen LogP contribution in [0.25, 0.3) is 49.9 Å². The summed E-state index contributed by atoms with van der Waals surface area (Å²) in [5.74, 6) is 0.545. The summed E-state index contributed by atoms with van der Waals surface area (Å²) in [5, 5.41) is 2.14. The van der Waals surface area contributed by atoms with Crippen molar-refractivity contribution in [3.8, 4) is 39.6 Å². The molecule has 1 aliphatic rings. The van der Waals surface area contributed by atoms with Gasteiger partial charge in [0.2, 0.25) is 5.69 Å². The zero-order valence-electron chi connectivity index (χ0n) is 34.7. The average molecular weight is 994 g/mol. The minimum Gasteiger partial charge on any atom is -0.509 e. The van der Waals surface area contributed by atoms with E-state index in [-0.39, 0.29) is 26.5 Å². The SMILES string of the molecule is Cc1cccc(C)c1-c1cc(Oc2[c-]c3c(cc2)c2ccccc2n3-c2cc(C(C)(C)C)ccn2)[c-]c([N+]2=C=[N+](c3ccccc3-c3cc(F)cc(F)c3)c3ccccc32)c1.[Pt+2]. The van der Waals surface area contributed by atoms with E-state index in [1.807, 2.05) is 82.1 Å². The molecule has 0 spiro atoms. The van der Waals surface area contributed by atoms with Gasteiger partial charge in [0.15, 0.2) is 0 Å². The van der Waals surface area contributed by atoms with Crippen LogP contribution in [0.15, 0.2) is 152 Å². The van der Waals surface area contributed by atoms with Gasteiger partial charge in [-0.2, -0.15) is 6.07 Å². The zero-order chi connectivity index (χ0) is 42.0. The van der Waals surface area contributed by atoms with Gasteiger partial charge < -0.3 is 9.30 Å². The van der Waals surface area contributed by atoms with Crippen molar-refractivity contribution in [3.05, 3.63) is 192 Å². The Hall–Kier alpha value is -6.78. The fourth-order valence-corrected chi connectivity index (χ4v) is 8.45. The quantitative estimate of drug-likeness (QED) is 0.118. The number of aromatic nitrogens is 2. The average Bonchev–Trinajstić information content (AvgIpc) is 3.79. The number of ether oxygens (including phenoxy) is 1. The molecule has 0 saturated heterocycles. The second-order valence-corrected chi connectivity index (χ2v) is 16.5. The van der Waals surface area contributed by atoms with Gasteiger partial charge in [0, 0.05) is 47.5 Å². The number of hydrogen-bond acceptors (Lipinski definition) is 2. The van der Waals surface area contributed by atoms with E-state index < -0.39 is 11.6 Å². The third-order valence-corrected chi connectivity index (χ3v) is 11.3. The van der Waals surface area contributed by atoms with Gasteiger partial charge in [-0.3, -0.25) is 0 Å². The van der Waals surface area contributed by atoms with Crippen molar-refractivity contribution in [3.63, 3.8) is 0 Å². The van der Waals surface area contributed by atoms with Crippen molar-refractivity contribution in [1.82, 2.24) is 18.7 Å². The number of hydrogen-bond donors (Lipinski definition) is 0. The van der Waals surface area contributed by atoms with Gasteiger partial charge in [-0.05, 0) is 93.4 Å². The molecule has 304 valence electrons. The largest absolute Gasteiger partial charge is 2.00 e. The van der Waals surface area contributed by atoms with Crippen LogP contribution < -0.4 is 13.9 Å². The van der Waals surface area contributed by atoms with Crippen molar-refractivity contribution in [2.75, 3.05) is 0 Å². The van der Waals surface area contributed by atoms with Crippen LogP contribution in [0, 0.1) is 37.6 Å². The van der Waals surface area contributed by atoms with Gasteiger partial charge in [-0.15, -0.1) is 29.1 Å². The Labute approximate surface area is 373 Å². The van der Waals surface area contributed by atoms with Crippen LogP contribution in [0.5, 0.6) is 11.5 Å². The smallest absolute Gasteiger partial charge is 0.509 e. The van der Waals surface area contributed by atoms with E-state index in [9.17, 15) is 8.78 Å². The molecule has 2 aromatic heterocycles. The number of fused-ring (bicyclic) bond motifs is 4. The number of aryl methyl sites for hydroxylation is 2. The molecule has 0 unspecified atom stereocenters. The molecule has 7 aromatic carbocycles. The minimum atomic E-state index is -0.643. The molecule has 62 heavy (non-hydrogen) atoms. The van der Waals surface area contributed by atoms with E-state index in [0.717, 1.165) is 67.3 Å². The standard InChI is InChI=1S/C54H40F2N4O.Pt/c1-34-13-12-14-35(2)53(34)37-27-41(58-33-59(50-20-11-10-19-49(50)58)47-17-8-6-15-44(47)36-25-39(55)30-40(56)26-36)31-43(28-37)61-42-21-22-46-45-16-7-9-18-48(45)60(51(46)32-42)52-29-38(23-24-57-52)54(3,4)5;/h6-30H,1-5H3;/q;+2. The Bertz CT molecular complexity index is 3280. The molecule has 8 heteroatoms. The van der Waals surface area contributed by atoms with E-state index >= 15 is 0 Å². The van der Waals surface area contributed by atoms with E-state index in [2.05, 4.69) is 118 Å². The van der Waals surface area contributed by atoms with E-state index in [0.29, 0.717) is 34.0 Å². The number of pyridine rings is 1. The molecule has 10 rings (SSSR count). The number of halogens is 2. The van der Waals surface area contributed by atoms with Gasteiger partial charge in [0.05, 0.1) is 5.56 Å². The number of benzene rings is 7. The maximum atomic E-state index is 14.6. The molecular formula is C54H40F2N4OPt+2. The maximum Gasteiger partial charge on any atom is 2.00 e. The van der Waals surface area contributed by atoms with Crippen LogP contribution in [-0.4, -0.2) is 15.6 Å². The molecule has 0 fully saturated rings. The summed E-state index contributed by atoms with van der Waals surface area (Å²) in [4.78, 5) is 4.85. The van der Waals surface area contributed by atoms with Gasteiger partial charge >= 0.3 is 27.1 Å². The molecule has 0 amide bonds. The van der Waals surface area contributed by atoms with Crippen LogP contribution in [-0.2, 0) is 26.5 Å². The summed E-state index contributed by atoms with van der Waals surface area (Å²) < 4.78 is 42.0. The Morgan fingerprint density at radius 3 is 2.05 bits per heavy atom. The summed E-state index contributed by atoms with van der Waals surface area (Å²) in [7, 11) is 0. The molecule has 3 heterocycles. The summed E-state index contributed by atoms with van der Waals surface area (Å²) in [6, 6.07) is 56.9. The molecule has 1 aliphatic heterocycles. The predicted octanol–water partition coefficient (Wildman–Crippen LogP) is 14.0. The van der Waals surface area contributed by atoms with Gasteiger partial charge in [0.25, 0.3) is 11.4 Å². The fourth-order valence-electron chi connectivity index (χ4n) is 8.45. The number of para-hydroxylation sites is 4. The first-order valence-electron chi connectivity index (χ1n) is 20.3.